The zero-order valence-electron chi connectivity index (χ0n) is 9.45. The average molecular weight is 323 g/mol. The fourth-order valence-corrected chi connectivity index (χ4v) is 3.22. The van der Waals surface area contributed by atoms with Crippen LogP contribution in [0.2, 0.25) is 0 Å². The molecule has 4 nitrogen and oxygen atoms in total. The van der Waals surface area contributed by atoms with E-state index in [2.05, 4.69) is 30.8 Å². The molecule has 0 bridgehead atoms. The second-order valence-corrected chi connectivity index (χ2v) is 5.71. The third-order valence-corrected chi connectivity index (χ3v) is 4.42. The van der Waals surface area contributed by atoms with Crippen LogP contribution in [0.4, 0.5) is 5.69 Å². The van der Waals surface area contributed by atoms with Crippen LogP contribution in [-0.2, 0) is 0 Å². The van der Waals surface area contributed by atoms with E-state index in [1.807, 2.05) is 36.0 Å². The molecule has 3 rings (SSSR count). The Morgan fingerprint density at radius 1 is 1.39 bits per heavy atom. The molecule has 1 aliphatic rings. The Hall–Kier alpha value is -1.40. The first-order valence-electron chi connectivity index (χ1n) is 5.49. The minimum atomic E-state index is 0.149. The topological polar surface area (TPSA) is 54.5 Å². The summed E-state index contributed by atoms with van der Waals surface area (Å²) in [5, 5.41) is 0. The zero-order valence-corrected chi connectivity index (χ0v) is 11.9. The molecule has 2 aromatic rings. The first-order valence-corrected chi connectivity index (χ1v) is 7.16. The summed E-state index contributed by atoms with van der Waals surface area (Å²) >= 11 is 5.19. The van der Waals surface area contributed by atoms with Crippen LogP contribution in [0.15, 0.2) is 45.4 Å². The number of para-hydroxylation sites is 1. The molecule has 0 fully saturated rings. The van der Waals surface area contributed by atoms with Gasteiger partial charge in [-0.1, -0.05) is 12.1 Å². The van der Waals surface area contributed by atoms with Gasteiger partial charge in [0.25, 0.3) is 0 Å². The number of rotatable bonds is 2. The van der Waals surface area contributed by atoms with Crippen LogP contribution in [0, 0.1) is 0 Å². The molecule has 0 amide bonds. The summed E-state index contributed by atoms with van der Waals surface area (Å²) in [5.41, 5.74) is 8.89. The second kappa shape index (κ2) is 4.70. The molecule has 2 heterocycles. The van der Waals surface area contributed by atoms with Gasteiger partial charge in [0.15, 0.2) is 5.96 Å². The highest BCUT2D eigenvalue weighted by Gasteiger charge is 2.30. The number of aromatic nitrogens is 1. The van der Waals surface area contributed by atoms with Gasteiger partial charge >= 0.3 is 0 Å². The lowest BCUT2D eigenvalue weighted by Crippen LogP contribution is -2.36. The fraction of sp³-hybridized carbons (Fsp3) is 0.167. The van der Waals surface area contributed by atoms with Crippen LogP contribution in [0.25, 0.3) is 0 Å². The smallest absolute Gasteiger partial charge is 0.196 e. The number of benzene rings is 1. The monoisotopic (exact) mass is 322 g/mol. The summed E-state index contributed by atoms with van der Waals surface area (Å²) in [7, 11) is 0. The van der Waals surface area contributed by atoms with Crippen molar-refractivity contribution in [2.75, 3.05) is 11.4 Å². The second-order valence-electron chi connectivity index (χ2n) is 3.94. The average Bonchev–Trinajstić information content (AvgIpc) is 2.99. The van der Waals surface area contributed by atoms with Crippen LogP contribution in [0.1, 0.15) is 10.9 Å². The molecule has 1 aromatic carbocycles. The molecular weight excluding hydrogens is 312 g/mol. The van der Waals surface area contributed by atoms with Crippen molar-refractivity contribution in [2.45, 2.75) is 6.04 Å². The molecule has 1 aliphatic heterocycles. The molecule has 0 spiro atoms. The molecule has 2 N–H and O–H groups in total. The highest BCUT2D eigenvalue weighted by molar-refractivity contribution is 9.10. The predicted molar refractivity (Wildman–Crippen MR) is 78.0 cm³/mol. The van der Waals surface area contributed by atoms with Gasteiger partial charge in [0.2, 0.25) is 0 Å². The molecule has 0 saturated heterocycles. The molecule has 1 unspecified atom stereocenters. The van der Waals surface area contributed by atoms with Gasteiger partial charge in [-0.05, 0) is 28.1 Å². The highest BCUT2D eigenvalue weighted by atomic mass is 79.9. The van der Waals surface area contributed by atoms with Gasteiger partial charge in [-0.3, -0.25) is 9.98 Å². The summed E-state index contributed by atoms with van der Waals surface area (Å²) in [4.78, 5) is 11.7. The summed E-state index contributed by atoms with van der Waals surface area (Å²) in [6.45, 7) is 0.676. The highest BCUT2D eigenvalue weighted by Crippen LogP contribution is 2.36. The van der Waals surface area contributed by atoms with Gasteiger partial charge in [0, 0.05) is 15.5 Å². The molecule has 92 valence electrons. The molecule has 1 atom stereocenters. The van der Waals surface area contributed by atoms with Crippen LogP contribution < -0.4 is 10.6 Å². The van der Waals surface area contributed by atoms with E-state index in [1.54, 1.807) is 11.3 Å². The SMILES string of the molecule is NC1=NCC(c2cncs2)N1c1ccccc1Br. The van der Waals surface area contributed by atoms with E-state index < -0.39 is 0 Å². The quantitative estimate of drug-likeness (QED) is 0.925. The molecule has 1 aromatic heterocycles. The molecule has 0 saturated carbocycles. The van der Waals surface area contributed by atoms with Crippen molar-refractivity contribution in [1.29, 1.82) is 0 Å². The largest absolute Gasteiger partial charge is 0.369 e. The van der Waals surface area contributed by atoms with E-state index in [4.69, 9.17) is 5.73 Å². The summed E-state index contributed by atoms with van der Waals surface area (Å²) < 4.78 is 1.01. The Balaban J connectivity index is 2.03. The van der Waals surface area contributed by atoms with E-state index in [1.165, 1.54) is 4.88 Å². The third kappa shape index (κ3) is 1.91. The van der Waals surface area contributed by atoms with E-state index in [0.29, 0.717) is 12.5 Å². The Labute approximate surface area is 117 Å². The van der Waals surface area contributed by atoms with Gasteiger partial charge in [-0.15, -0.1) is 11.3 Å². The van der Waals surface area contributed by atoms with Gasteiger partial charge in [0.05, 0.1) is 23.8 Å². The number of guanidine groups is 1. The number of anilines is 1. The van der Waals surface area contributed by atoms with E-state index in [0.717, 1.165) is 10.2 Å². The normalized spacial score (nSPS) is 19.1. The number of halogens is 1. The number of aliphatic imine (C=N–C) groups is 1. The Kier molecular flexibility index (Phi) is 3.05. The van der Waals surface area contributed by atoms with Crippen LogP contribution >= 0.6 is 27.3 Å². The Bertz CT molecular complexity index is 582. The first-order chi connectivity index (χ1) is 8.77. The third-order valence-electron chi connectivity index (χ3n) is 2.88. The standard InChI is InChI=1S/C12H11BrN4S/c13-8-3-1-2-4-9(8)17-10(5-16-12(17)14)11-6-15-7-18-11/h1-4,6-7,10H,5H2,(H2,14,16). The van der Waals surface area contributed by atoms with E-state index in [9.17, 15) is 0 Å². The van der Waals surface area contributed by atoms with Crippen molar-refractivity contribution in [3.05, 3.63) is 45.3 Å². The first kappa shape index (κ1) is 11.7. The van der Waals surface area contributed by atoms with Crippen molar-refractivity contribution in [3.8, 4) is 0 Å². The van der Waals surface area contributed by atoms with Crippen LogP contribution in [0.5, 0.6) is 0 Å². The van der Waals surface area contributed by atoms with Crippen molar-refractivity contribution in [2.24, 2.45) is 10.7 Å². The number of hydrogen-bond acceptors (Lipinski definition) is 5. The van der Waals surface area contributed by atoms with Crippen molar-refractivity contribution in [3.63, 3.8) is 0 Å². The number of nitrogens with two attached hydrogens (primary N) is 1. The van der Waals surface area contributed by atoms with Crippen molar-refractivity contribution in [1.82, 2.24) is 4.98 Å². The fourth-order valence-electron chi connectivity index (χ4n) is 2.04. The lowest BCUT2D eigenvalue weighted by molar-refractivity contribution is 0.781. The Morgan fingerprint density at radius 3 is 2.94 bits per heavy atom. The van der Waals surface area contributed by atoms with Crippen LogP contribution in [-0.4, -0.2) is 17.5 Å². The van der Waals surface area contributed by atoms with Gasteiger partial charge in [0.1, 0.15) is 0 Å². The van der Waals surface area contributed by atoms with Crippen molar-refractivity contribution >= 4 is 38.9 Å². The number of nitrogens with zero attached hydrogens (tertiary/aromatic N) is 3. The van der Waals surface area contributed by atoms with Crippen LogP contribution in [0.3, 0.4) is 0 Å². The molecule has 0 aliphatic carbocycles. The maximum absolute atomic E-state index is 6.02. The summed E-state index contributed by atoms with van der Waals surface area (Å²) in [6, 6.07) is 8.17. The Morgan fingerprint density at radius 2 is 2.22 bits per heavy atom. The molecule has 6 heteroatoms. The predicted octanol–water partition coefficient (Wildman–Crippen LogP) is 2.78. The van der Waals surface area contributed by atoms with E-state index in [-0.39, 0.29) is 6.04 Å². The minimum absolute atomic E-state index is 0.149. The zero-order chi connectivity index (χ0) is 12.5. The molecule has 0 radical (unpaired) electrons. The lowest BCUT2D eigenvalue weighted by Gasteiger charge is -2.26. The van der Waals surface area contributed by atoms with E-state index >= 15 is 0 Å². The molecule has 18 heavy (non-hydrogen) atoms. The van der Waals surface area contributed by atoms with Gasteiger partial charge in [-0.2, -0.15) is 0 Å². The maximum atomic E-state index is 6.02. The van der Waals surface area contributed by atoms with Gasteiger partial charge < -0.3 is 10.6 Å². The number of thiazole rings is 1. The maximum Gasteiger partial charge on any atom is 0.196 e. The minimum Gasteiger partial charge on any atom is -0.369 e. The summed E-state index contributed by atoms with van der Waals surface area (Å²) in [6.07, 6.45) is 1.88. The summed E-state index contributed by atoms with van der Waals surface area (Å²) in [5.74, 6) is 0.556. The molecular formula is C12H11BrN4S. The van der Waals surface area contributed by atoms with Crippen molar-refractivity contribution < 1.29 is 0 Å². The van der Waals surface area contributed by atoms with Gasteiger partial charge in [-0.25, -0.2) is 0 Å². The lowest BCUT2D eigenvalue weighted by atomic mass is 10.2. The number of hydrogen-bond donors (Lipinski definition) is 1.